The van der Waals surface area contributed by atoms with E-state index >= 15 is 0 Å². The van der Waals surface area contributed by atoms with Crippen LogP contribution in [0, 0.1) is 11.8 Å². The van der Waals surface area contributed by atoms with Crippen molar-refractivity contribution in [2.75, 3.05) is 13.2 Å². The quantitative estimate of drug-likeness (QED) is 0.545. The van der Waals surface area contributed by atoms with Gasteiger partial charge in [-0.2, -0.15) is 0 Å². The Kier molecular flexibility index (Phi) is 1.46. The van der Waals surface area contributed by atoms with Gasteiger partial charge in [-0.3, -0.25) is 0 Å². The summed E-state index contributed by atoms with van der Waals surface area (Å²) in [5.41, 5.74) is 0. The standard InChI is InChI=1S/C8H12O4/c9-5-3-11-8-6(5)4-1-2-10-7(4)12-8/h4-9H,1-3H2/t4?,5?,6-,7?,8?/m1/s1. The molecule has 3 heterocycles. The maximum absolute atomic E-state index is 9.59. The van der Waals surface area contributed by atoms with Crippen LogP contribution in [0.5, 0.6) is 0 Å². The van der Waals surface area contributed by atoms with E-state index in [-0.39, 0.29) is 24.6 Å². The second-order valence-corrected chi connectivity index (χ2v) is 3.67. The summed E-state index contributed by atoms with van der Waals surface area (Å²) in [6.45, 7) is 1.17. The molecule has 3 aliphatic rings. The lowest BCUT2D eigenvalue weighted by Crippen LogP contribution is -2.26. The highest BCUT2D eigenvalue weighted by Gasteiger charge is 2.54. The molecule has 3 saturated heterocycles. The molecule has 0 aliphatic carbocycles. The zero-order chi connectivity index (χ0) is 8.13. The number of aliphatic hydroxyl groups excluding tert-OH is 1. The van der Waals surface area contributed by atoms with Crippen LogP contribution in [0.2, 0.25) is 0 Å². The lowest BCUT2D eigenvalue weighted by molar-refractivity contribution is -0.188. The second-order valence-electron chi connectivity index (χ2n) is 3.67. The van der Waals surface area contributed by atoms with Crippen LogP contribution in [0.1, 0.15) is 6.42 Å². The topological polar surface area (TPSA) is 47.9 Å². The summed E-state index contributed by atoms with van der Waals surface area (Å²) in [4.78, 5) is 0. The molecule has 0 amide bonds. The van der Waals surface area contributed by atoms with Crippen molar-refractivity contribution in [3.63, 3.8) is 0 Å². The summed E-state index contributed by atoms with van der Waals surface area (Å²) >= 11 is 0. The minimum absolute atomic E-state index is 0.116. The number of rotatable bonds is 0. The van der Waals surface area contributed by atoms with E-state index < -0.39 is 0 Å². The van der Waals surface area contributed by atoms with E-state index in [1.54, 1.807) is 0 Å². The molecule has 0 saturated carbocycles. The minimum Gasteiger partial charge on any atom is -0.390 e. The Morgan fingerprint density at radius 2 is 2.08 bits per heavy atom. The predicted molar refractivity (Wildman–Crippen MR) is 38.2 cm³/mol. The first-order chi connectivity index (χ1) is 5.86. The first-order valence-electron chi connectivity index (χ1n) is 4.43. The molecule has 0 aromatic heterocycles. The van der Waals surface area contributed by atoms with Crippen LogP contribution in [-0.4, -0.2) is 37.0 Å². The van der Waals surface area contributed by atoms with Gasteiger partial charge in [0.2, 0.25) is 0 Å². The highest BCUT2D eigenvalue weighted by atomic mass is 16.8. The molecule has 0 radical (unpaired) electrons. The monoisotopic (exact) mass is 172 g/mol. The average Bonchev–Trinajstić information content (AvgIpc) is 2.61. The van der Waals surface area contributed by atoms with Crippen molar-refractivity contribution in [3.05, 3.63) is 0 Å². The van der Waals surface area contributed by atoms with Crippen molar-refractivity contribution in [1.82, 2.24) is 0 Å². The summed E-state index contributed by atoms with van der Waals surface area (Å²) in [5, 5.41) is 9.59. The number of ether oxygens (including phenoxy) is 3. The van der Waals surface area contributed by atoms with Gasteiger partial charge in [0.15, 0.2) is 12.6 Å². The molecule has 3 rings (SSSR count). The van der Waals surface area contributed by atoms with Gasteiger partial charge >= 0.3 is 0 Å². The van der Waals surface area contributed by atoms with E-state index in [1.165, 1.54) is 0 Å². The SMILES string of the molecule is OC1COC2OC3OCCC3[C@H]12. The molecule has 1 N–H and O–H groups in total. The van der Waals surface area contributed by atoms with Crippen molar-refractivity contribution in [2.24, 2.45) is 11.8 Å². The molecule has 4 nitrogen and oxygen atoms in total. The highest BCUT2D eigenvalue weighted by Crippen LogP contribution is 2.44. The lowest BCUT2D eigenvalue weighted by Gasteiger charge is -2.14. The first kappa shape index (κ1) is 7.26. The molecule has 68 valence electrons. The van der Waals surface area contributed by atoms with Gasteiger partial charge in [-0.25, -0.2) is 0 Å². The Hall–Kier alpha value is -0.160. The van der Waals surface area contributed by atoms with Gasteiger partial charge in [0.05, 0.1) is 19.3 Å². The first-order valence-corrected chi connectivity index (χ1v) is 4.43. The maximum atomic E-state index is 9.59. The Morgan fingerprint density at radius 1 is 1.17 bits per heavy atom. The molecule has 12 heavy (non-hydrogen) atoms. The van der Waals surface area contributed by atoms with Crippen molar-refractivity contribution >= 4 is 0 Å². The molecule has 0 bridgehead atoms. The van der Waals surface area contributed by atoms with Crippen LogP contribution in [0.25, 0.3) is 0 Å². The van der Waals surface area contributed by atoms with Crippen LogP contribution < -0.4 is 0 Å². The third kappa shape index (κ3) is 0.808. The van der Waals surface area contributed by atoms with Crippen LogP contribution in [-0.2, 0) is 14.2 Å². The van der Waals surface area contributed by atoms with E-state index in [1.807, 2.05) is 0 Å². The van der Waals surface area contributed by atoms with Gasteiger partial charge in [-0.1, -0.05) is 0 Å². The van der Waals surface area contributed by atoms with Crippen LogP contribution >= 0.6 is 0 Å². The molecular formula is C8H12O4. The molecule has 0 aromatic rings. The minimum atomic E-state index is -0.355. The van der Waals surface area contributed by atoms with Crippen LogP contribution in [0.15, 0.2) is 0 Å². The zero-order valence-corrected chi connectivity index (χ0v) is 6.68. The summed E-state index contributed by atoms with van der Waals surface area (Å²) < 4.78 is 16.1. The molecule has 4 heteroatoms. The molecule has 0 aromatic carbocycles. The number of aliphatic hydroxyl groups is 1. The Labute approximate surface area is 70.4 Å². The normalized spacial score (nSPS) is 57.2. The molecule has 4 unspecified atom stereocenters. The molecular weight excluding hydrogens is 160 g/mol. The molecule has 5 atom stereocenters. The fourth-order valence-corrected chi connectivity index (χ4v) is 2.44. The summed E-state index contributed by atoms with van der Waals surface area (Å²) in [7, 11) is 0. The van der Waals surface area contributed by atoms with Crippen molar-refractivity contribution < 1.29 is 19.3 Å². The number of hydrogen-bond acceptors (Lipinski definition) is 4. The van der Waals surface area contributed by atoms with Gasteiger partial charge < -0.3 is 19.3 Å². The summed E-state index contributed by atoms with van der Waals surface area (Å²) in [5.74, 6) is 0.505. The smallest absolute Gasteiger partial charge is 0.166 e. The fourth-order valence-electron chi connectivity index (χ4n) is 2.44. The average molecular weight is 172 g/mol. The molecule has 3 fully saturated rings. The second kappa shape index (κ2) is 2.42. The predicted octanol–water partition coefficient (Wildman–Crippen LogP) is -0.287. The molecule has 3 aliphatic heterocycles. The Balaban J connectivity index is 1.85. The van der Waals surface area contributed by atoms with Crippen LogP contribution in [0.4, 0.5) is 0 Å². The highest BCUT2D eigenvalue weighted by molar-refractivity contribution is 4.93. The van der Waals surface area contributed by atoms with Gasteiger partial charge in [0.25, 0.3) is 0 Å². The molecule has 0 spiro atoms. The number of hydrogen-bond donors (Lipinski definition) is 1. The summed E-state index contributed by atoms with van der Waals surface area (Å²) in [6, 6.07) is 0. The van der Waals surface area contributed by atoms with E-state index in [0.29, 0.717) is 12.5 Å². The zero-order valence-electron chi connectivity index (χ0n) is 6.68. The van der Waals surface area contributed by atoms with E-state index in [2.05, 4.69) is 0 Å². The summed E-state index contributed by atoms with van der Waals surface area (Å²) in [6.07, 6.45) is 0.309. The van der Waals surface area contributed by atoms with Crippen molar-refractivity contribution in [3.8, 4) is 0 Å². The Bertz CT molecular complexity index is 195. The lowest BCUT2D eigenvalue weighted by atomic mass is 9.89. The Morgan fingerprint density at radius 3 is 3.00 bits per heavy atom. The van der Waals surface area contributed by atoms with E-state index in [4.69, 9.17) is 14.2 Å². The third-order valence-electron chi connectivity index (χ3n) is 3.04. The van der Waals surface area contributed by atoms with Gasteiger partial charge in [0, 0.05) is 11.8 Å². The maximum Gasteiger partial charge on any atom is 0.166 e. The van der Waals surface area contributed by atoms with Crippen molar-refractivity contribution in [1.29, 1.82) is 0 Å². The van der Waals surface area contributed by atoms with Crippen molar-refractivity contribution in [2.45, 2.75) is 25.1 Å². The van der Waals surface area contributed by atoms with Gasteiger partial charge in [-0.05, 0) is 6.42 Å². The third-order valence-corrected chi connectivity index (χ3v) is 3.04. The van der Waals surface area contributed by atoms with E-state index in [9.17, 15) is 5.11 Å². The largest absolute Gasteiger partial charge is 0.390 e. The van der Waals surface area contributed by atoms with Gasteiger partial charge in [-0.15, -0.1) is 0 Å². The fraction of sp³-hybridized carbons (Fsp3) is 1.00. The number of fused-ring (bicyclic) bond motifs is 3. The van der Waals surface area contributed by atoms with Gasteiger partial charge in [0.1, 0.15) is 0 Å². The van der Waals surface area contributed by atoms with E-state index in [0.717, 1.165) is 13.0 Å². The van der Waals surface area contributed by atoms with Crippen LogP contribution in [0.3, 0.4) is 0 Å².